The summed E-state index contributed by atoms with van der Waals surface area (Å²) in [6, 6.07) is 2.05. The fourth-order valence-corrected chi connectivity index (χ4v) is 7.68. The van der Waals surface area contributed by atoms with Crippen molar-refractivity contribution in [1.29, 1.82) is 0 Å². The van der Waals surface area contributed by atoms with Gasteiger partial charge in [0.15, 0.2) is 0 Å². The van der Waals surface area contributed by atoms with Gasteiger partial charge in [0.25, 0.3) is 0 Å². The monoisotopic (exact) mass is 448 g/mol. The van der Waals surface area contributed by atoms with Crippen LogP contribution in [0.3, 0.4) is 0 Å². The number of hydrogen-bond donors (Lipinski definition) is 0. The fraction of sp³-hybridized carbons (Fsp3) is 0.692. The zero-order valence-corrected chi connectivity index (χ0v) is 20.3. The Morgan fingerprint density at radius 2 is 1.55 bits per heavy atom. The van der Waals surface area contributed by atoms with Crippen molar-refractivity contribution in [3.8, 4) is 5.82 Å². The highest BCUT2D eigenvalue weighted by Gasteiger charge is 2.51. The van der Waals surface area contributed by atoms with Crippen LogP contribution in [0.1, 0.15) is 62.2 Å². The molecule has 0 radical (unpaired) electrons. The Kier molecular flexibility index (Phi) is 5.00. The van der Waals surface area contributed by atoms with Crippen LogP contribution in [0, 0.1) is 43.9 Å². The number of carbonyl (C=O) groups is 1. The van der Waals surface area contributed by atoms with E-state index in [0.717, 1.165) is 79.2 Å². The Hall–Kier alpha value is -2.44. The Bertz CT molecular complexity index is 1030. The molecular formula is C26H36N6O. The van der Waals surface area contributed by atoms with Gasteiger partial charge in [-0.15, -0.1) is 0 Å². The molecule has 1 aliphatic heterocycles. The van der Waals surface area contributed by atoms with E-state index in [0.29, 0.717) is 11.3 Å². The molecule has 5 aliphatic rings. The summed E-state index contributed by atoms with van der Waals surface area (Å²) in [6.07, 6.45) is 10.8. The third-order valence-corrected chi connectivity index (χ3v) is 8.96. The molecule has 7 rings (SSSR count). The second kappa shape index (κ2) is 7.81. The van der Waals surface area contributed by atoms with Crippen LogP contribution in [0.2, 0.25) is 0 Å². The SMILES string of the molecule is Cc1nc(N2CCN(C(=O)CC34CC5CC(CC(C5)C3)C4)CC2)cc(-n2cnc(C)c2C)n1. The van der Waals surface area contributed by atoms with Gasteiger partial charge in [0.2, 0.25) is 5.91 Å². The lowest BCUT2D eigenvalue weighted by Crippen LogP contribution is -2.52. The molecule has 4 saturated carbocycles. The maximum atomic E-state index is 13.3. The van der Waals surface area contributed by atoms with Crippen LogP contribution in [0.15, 0.2) is 12.4 Å². The highest BCUT2D eigenvalue weighted by atomic mass is 16.2. The molecule has 4 aliphatic carbocycles. The lowest BCUT2D eigenvalue weighted by molar-refractivity contribution is -0.139. The molecule has 1 amide bonds. The zero-order chi connectivity index (χ0) is 22.7. The van der Waals surface area contributed by atoms with E-state index >= 15 is 0 Å². The molecule has 3 heterocycles. The summed E-state index contributed by atoms with van der Waals surface area (Å²) in [4.78, 5) is 31.5. The molecule has 0 atom stereocenters. The second-order valence-corrected chi connectivity index (χ2v) is 11.4. The minimum Gasteiger partial charge on any atom is -0.353 e. The highest BCUT2D eigenvalue weighted by molar-refractivity contribution is 5.77. The fourth-order valence-electron chi connectivity index (χ4n) is 7.68. The number of imidazole rings is 1. The third-order valence-electron chi connectivity index (χ3n) is 8.96. The molecule has 5 fully saturated rings. The van der Waals surface area contributed by atoms with Gasteiger partial charge < -0.3 is 9.80 Å². The van der Waals surface area contributed by atoms with Gasteiger partial charge in [-0.05, 0) is 82.5 Å². The molecule has 7 nitrogen and oxygen atoms in total. The summed E-state index contributed by atoms with van der Waals surface area (Å²) in [5.41, 5.74) is 2.43. The molecule has 7 heteroatoms. The van der Waals surface area contributed by atoms with E-state index in [1.54, 1.807) is 0 Å². The third kappa shape index (κ3) is 3.83. The number of piperazine rings is 1. The standard InChI is InChI=1S/C26H36N6O/c1-17-18(2)32(16-27-17)24-11-23(28-19(3)29-24)30-4-6-31(7-5-30)25(33)15-26-12-20-8-21(13-26)10-22(9-20)14-26/h11,16,20-22H,4-10,12-15H2,1-3H3. The quantitative estimate of drug-likeness (QED) is 0.711. The molecule has 33 heavy (non-hydrogen) atoms. The van der Waals surface area contributed by atoms with Crippen LogP contribution < -0.4 is 4.90 Å². The molecule has 0 unspecified atom stereocenters. The number of nitrogens with zero attached hydrogens (tertiary/aromatic N) is 6. The van der Waals surface area contributed by atoms with Crippen LogP contribution in [0.4, 0.5) is 5.82 Å². The van der Waals surface area contributed by atoms with Crippen molar-refractivity contribution in [2.75, 3.05) is 31.1 Å². The molecule has 2 aromatic rings. The first kappa shape index (κ1) is 21.1. The van der Waals surface area contributed by atoms with Gasteiger partial charge in [-0.25, -0.2) is 15.0 Å². The smallest absolute Gasteiger partial charge is 0.223 e. The number of hydrogen-bond acceptors (Lipinski definition) is 5. The van der Waals surface area contributed by atoms with Crippen LogP contribution in [0.5, 0.6) is 0 Å². The predicted molar refractivity (Wildman–Crippen MR) is 127 cm³/mol. The van der Waals surface area contributed by atoms with Crippen LogP contribution in [-0.2, 0) is 4.79 Å². The van der Waals surface area contributed by atoms with Crippen molar-refractivity contribution < 1.29 is 4.79 Å². The second-order valence-electron chi connectivity index (χ2n) is 11.4. The number of aryl methyl sites for hydroxylation is 2. The summed E-state index contributed by atoms with van der Waals surface area (Å²) in [7, 11) is 0. The van der Waals surface area contributed by atoms with E-state index in [4.69, 9.17) is 4.98 Å². The van der Waals surface area contributed by atoms with Gasteiger partial charge >= 0.3 is 0 Å². The lowest BCUT2D eigenvalue weighted by atomic mass is 9.49. The molecule has 0 aromatic carbocycles. The maximum absolute atomic E-state index is 13.3. The molecule has 4 bridgehead atoms. The normalized spacial score (nSPS) is 30.8. The minimum absolute atomic E-state index is 0.322. The van der Waals surface area contributed by atoms with Crippen molar-refractivity contribution in [3.05, 3.63) is 29.6 Å². The van der Waals surface area contributed by atoms with Crippen LogP contribution >= 0.6 is 0 Å². The van der Waals surface area contributed by atoms with Crippen molar-refractivity contribution in [1.82, 2.24) is 24.4 Å². The zero-order valence-electron chi connectivity index (χ0n) is 20.3. The largest absolute Gasteiger partial charge is 0.353 e. The van der Waals surface area contributed by atoms with Gasteiger partial charge in [-0.1, -0.05) is 0 Å². The van der Waals surface area contributed by atoms with E-state index in [-0.39, 0.29) is 0 Å². The number of rotatable bonds is 4. The van der Waals surface area contributed by atoms with Crippen LogP contribution in [-0.4, -0.2) is 56.5 Å². The Morgan fingerprint density at radius 3 is 2.12 bits per heavy atom. The van der Waals surface area contributed by atoms with E-state index in [9.17, 15) is 4.79 Å². The average Bonchev–Trinajstić information content (AvgIpc) is 3.10. The highest BCUT2D eigenvalue weighted by Crippen LogP contribution is 2.61. The summed E-state index contributed by atoms with van der Waals surface area (Å²) in [5, 5.41) is 0. The van der Waals surface area contributed by atoms with Gasteiger partial charge in [-0.2, -0.15) is 0 Å². The van der Waals surface area contributed by atoms with Crippen molar-refractivity contribution in [2.24, 2.45) is 23.2 Å². The molecule has 0 spiro atoms. The first-order chi connectivity index (χ1) is 15.9. The van der Waals surface area contributed by atoms with Gasteiger partial charge in [0.1, 0.15) is 23.8 Å². The Balaban J connectivity index is 1.12. The Labute approximate surface area is 196 Å². The lowest BCUT2D eigenvalue weighted by Gasteiger charge is -2.57. The van der Waals surface area contributed by atoms with E-state index < -0.39 is 0 Å². The topological polar surface area (TPSA) is 67.2 Å². The molecule has 1 saturated heterocycles. The van der Waals surface area contributed by atoms with Crippen molar-refractivity contribution in [3.63, 3.8) is 0 Å². The van der Waals surface area contributed by atoms with Crippen molar-refractivity contribution in [2.45, 2.75) is 65.7 Å². The first-order valence-corrected chi connectivity index (χ1v) is 12.8. The van der Waals surface area contributed by atoms with Gasteiger partial charge in [0.05, 0.1) is 5.69 Å². The number of carbonyl (C=O) groups excluding carboxylic acids is 1. The van der Waals surface area contributed by atoms with Gasteiger partial charge in [-0.3, -0.25) is 9.36 Å². The van der Waals surface area contributed by atoms with Crippen molar-refractivity contribution >= 4 is 11.7 Å². The van der Waals surface area contributed by atoms with Gasteiger partial charge in [0, 0.05) is 44.4 Å². The maximum Gasteiger partial charge on any atom is 0.223 e. The predicted octanol–water partition coefficient (Wildman–Crippen LogP) is 3.84. The molecule has 2 aromatic heterocycles. The summed E-state index contributed by atoms with van der Waals surface area (Å²) in [6.45, 7) is 9.24. The molecule has 0 N–H and O–H groups in total. The van der Waals surface area contributed by atoms with E-state index in [1.807, 2.05) is 30.8 Å². The number of aromatic nitrogens is 4. The van der Waals surface area contributed by atoms with E-state index in [1.165, 1.54) is 38.5 Å². The number of anilines is 1. The summed E-state index contributed by atoms with van der Waals surface area (Å²) < 4.78 is 2.03. The average molecular weight is 449 g/mol. The summed E-state index contributed by atoms with van der Waals surface area (Å²) in [5.74, 6) is 5.65. The van der Waals surface area contributed by atoms with E-state index in [2.05, 4.69) is 26.7 Å². The number of amides is 1. The Morgan fingerprint density at radius 1 is 0.939 bits per heavy atom. The first-order valence-electron chi connectivity index (χ1n) is 12.8. The van der Waals surface area contributed by atoms with Crippen LogP contribution in [0.25, 0.3) is 5.82 Å². The minimum atomic E-state index is 0.322. The molecule has 176 valence electrons. The summed E-state index contributed by atoms with van der Waals surface area (Å²) >= 11 is 0. The molecular weight excluding hydrogens is 412 g/mol.